The summed E-state index contributed by atoms with van der Waals surface area (Å²) in [7, 11) is 0. The maximum Gasteiger partial charge on any atom is 0.119 e. The van der Waals surface area contributed by atoms with Crippen LogP contribution in [0.2, 0.25) is 0 Å². The van der Waals surface area contributed by atoms with Gasteiger partial charge < -0.3 is 10.1 Å². The van der Waals surface area contributed by atoms with Crippen molar-refractivity contribution < 1.29 is 4.74 Å². The number of nitrogens with one attached hydrogen (secondary N) is 1. The van der Waals surface area contributed by atoms with E-state index in [1.54, 1.807) is 0 Å². The van der Waals surface area contributed by atoms with E-state index in [0.29, 0.717) is 6.61 Å². The molecular weight excluding hydrogens is 282 g/mol. The van der Waals surface area contributed by atoms with Crippen molar-refractivity contribution in [2.45, 2.75) is 13.0 Å². The molecule has 0 amide bonds. The summed E-state index contributed by atoms with van der Waals surface area (Å²) in [5.41, 5.74) is 3.67. The van der Waals surface area contributed by atoms with Crippen molar-refractivity contribution >= 4 is 5.69 Å². The summed E-state index contributed by atoms with van der Waals surface area (Å²) < 4.78 is 5.80. The van der Waals surface area contributed by atoms with Crippen molar-refractivity contribution in [1.29, 1.82) is 0 Å². The molecule has 0 fully saturated rings. The average molecular weight is 303 g/mol. The van der Waals surface area contributed by atoms with Crippen LogP contribution in [0, 0.1) is 0 Å². The van der Waals surface area contributed by atoms with E-state index >= 15 is 0 Å². The first-order chi connectivity index (χ1) is 11.4. The van der Waals surface area contributed by atoms with Crippen molar-refractivity contribution in [3.05, 3.63) is 96.1 Å². The molecule has 3 aromatic carbocycles. The highest BCUT2D eigenvalue weighted by atomic mass is 16.5. The van der Waals surface area contributed by atoms with E-state index in [0.717, 1.165) is 24.4 Å². The van der Waals surface area contributed by atoms with Gasteiger partial charge in [-0.15, -0.1) is 0 Å². The lowest BCUT2D eigenvalue weighted by atomic mass is 10.2. The molecule has 116 valence electrons. The van der Waals surface area contributed by atoms with Crippen LogP contribution in [0.15, 0.2) is 84.9 Å². The molecule has 0 aliphatic heterocycles. The van der Waals surface area contributed by atoms with Crippen molar-refractivity contribution in [3.8, 4) is 5.75 Å². The van der Waals surface area contributed by atoms with Crippen LogP contribution in [-0.4, -0.2) is 6.61 Å². The van der Waals surface area contributed by atoms with Crippen LogP contribution in [0.5, 0.6) is 5.75 Å². The molecule has 0 saturated heterocycles. The molecule has 1 N–H and O–H groups in total. The minimum Gasteiger partial charge on any atom is -0.493 e. The largest absolute Gasteiger partial charge is 0.493 e. The van der Waals surface area contributed by atoms with Crippen LogP contribution in [0.25, 0.3) is 0 Å². The fourth-order valence-electron chi connectivity index (χ4n) is 2.40. The van der Waals surface area contributed by atoms with Crippen molar-refractivity contribution in [2.24, 2.45) is 0 Å². The van der Waals surface area contributed by atoms with Crippen LogP contribution in [0.3, 0.4) is 0 Å². The highest BCUT2D eigenvalue weighted by molar-refractivity contribution is 5.46. The molecule has 3 aromatic rings. The van der Waals surface area contributed by atoms with E-state index < -0.39 is 0 Å². The maximum absolute atomic E-state index is 5.80. The smallest absolute Gasteiger partial charge is 0.119 e. The summed E-state index contributed by atoms with van der Waals surface area (Å²) in [5, 5.41) is 3.41. The molecule has 2 heteroatoms. The first kappa shape index (κ1) is 15.2. The number of benzene rings is 3. The number of anilines is 1. The third-order valence-electron chi connectivity index (χ3n) is 3.70. The summed E-state index contributed by atoms with van der Waals surface area (Å²) >= 11 is 0. The molecule has 0 aliphatic carbocycles. The van der Waals surface area contributed by atoms with Gasteiger partial charge >= 0.3 is 0 Å². The molecule has 0 spiro atoms. The molecule has 23 heavy (non-hydrogen) atoms. The lowest BCUT2D eigenvalue weighted by molar-refractivity contribution is 0.322. The average Bonchev–Trinajstić information content (AvgIpc) is 2.63. The Morgan fingerprint density at radius 2 is 1.26 bits per heavy atom. The Kier molecular flexibility index (Phi) is 5.30. The minimum atomic E-state index is 0.695. The second-order valence-corrected chi connectivity index (χ2v) is 5.45. The van der Waals surface area contributed by atoms with Crippen LogP contribution in [0.1, 0.15) is 11.1 Å². The van der Waals surface area contributed by atoms with Gasteiger partial charge in [0, 0.05) is 18.7 Å². The highest BCUT2D eigenvalue weighted by Crippen LogP contribution is 2.17. The van der Waals surface area contributed by atoms with Crippen molar-refractivity contribution in [1.82, 2.24) is 0 Å². The molecule has 0 bridgehead atoms. The molecule has 0 atom stereocenters. The summed E-state index contributed by atoms with van der Waals surface area (Å²) in [6.45, 7) is 1.52. The van der Waals surface area contributed by atoms with Gasteiger partial charge in [0.1, 0.15) is 5.75 Å². The van der Waals surface area contributed by atoms with E-state index in [1.807, 2.05) is 24.3 Å². The summed E-state index contributed by atoms with van der Waals surface area (Å²) in [6.07, 6.45) is 0.925. The summed E-state index contributed by atoms with van der Waals surface area (Å²) in [5.74, 6) is 0.909. The normalized spacial score (nSPS) is 10.3. The topological polar surface area (TPSA) is 21.3 Å². The van der Waals surface area contributed by atoms with Gasteiger partial charge in [-0.2, -0.15) is 0 Å². The summed E-state index contributed by atoms with van der Waals surface area (Å²) in [6, 6.07) is 28.9. The SMILES string of the molecule is c1ccc(CCOc2ccc(NCc3ccccc3)cc2)cc1. The van der Waals surface area contributed by atoms with Crippen molar-refractivity contribution in [2.75, 3.05) is 11.9 Å². The van der Waals surface area contributed by atoms with Crippen molar-refractivity contribution in [3.63, 3.8) is 0 Å². The van der Waals surface area contributed by atoms with Gasteiger partial charge in [0.2, 0.25) is 0 Å². The Hall–Kier alpha value is -2.74. The standard InChI is InChI=1S/C21H21NO/c1-3-7-18(8-4-1)15-16-23-21-13-11-20(12-14-21)22-17-19-9-5-2-6-10-19/h1-14,22H,15-17H2. The number of ether oxygens (including phenoxy) is 1. The minimum absolute atomic E-state index is 0.695. The van der Waals surface area contributed by atoms with Crippen LogP contribution >= 0.6 is 0 Å². The van der Waals surface area contributed by atoms with Crippen LogP contribution in [0.4, 0.5) is 5.69 Å². The van der Waals surface area contributed by atoms with Gasteiger partial charge in [0.25, 0.3) is 0 Å². The quantitative estimate of drug-likeness (QED) is 0.669. The van der Waals surface area contributed by atoms with Crippen LogP contribution in [-0.2, 0) is 13.0 Å². The van der Waals surface area contributed by atoms with Crippen LogP contribution < -0.4 is 10.1 Å². The molecule has 0 aromatic heterocycles. The number of rotatable bonds is 7. The molecule has 0 radical (unpaired) electrons. The highest BCUT2D eigenvalue weighted by Gasteiger charge is 1.97. The molecule has 2 nitrogen and oxygen atoms in total. The second kappa shape index (κ2) is 8.04. The molecule has 0 aliphatic rings. The molecule has 0 unspecified atom stereocenters. The predicted octanol–water partition coefficient (Wildman–Crippen LogP) is 4.92. The van der Waals surface area contributed by atoms with Gasteiger partial charge in [-0.25, -0.2) is 0 Å². The fourth-order valence-corrected chi connectivity index (χ4v) is 2.40. The lowest BCUT2D eigenvalue weighted by Crippen LogP contribution is -2.02. The van der Waals surface area contributed by atoms with E-state index in [-0.39, 0.29) is 0 Å². The number of hydrogen-bond donors (Lipinski definition) is 1. The van der Waals surface area contributed by atoms with E-state index in [2.05, 4.69) is 66.0 Å². The Morgan fingerprint density at radius 1 is 0.652 bits per heavy atom. The summed E-state index contributed by atoms with van der Waals surface area (Å²) in [4.78, 5) is 0. The zero-order valence-electron chi connectivity index (χ0n) is 13.1. The molecule has 3 rings (SSSR count). The maximum atomic E-state index is 5.80. The van der Waals surface area contributed by atoms with E-state index in [1.165, 1.54) is 11.1 Å². The number of hydrogen-bond acceptors (Lipinski definition) is 2. The first-order valence-electron chi connectivity index (χ1n) is 7.95. The van der Waals surface area contributed by atoms with Gasteiger partial charge in [-0.1, -0.05) is 60.7 Å². The fraction of sp³-hybridized carbons (Fsp3) is 0.143. The van der Waals surface area contributed by atoms with Gasteiger partial charge in [-0.3, -0.25) is 0 Å². The van der Waals surface area contributed by atoms with E-state index in [4.69, 9.17) is 4.74 Å². The Balaban J connectivity index is 1.45. The second-order valence-electron chi connectivity index (χ2n) is 5.45. The molecule has 0 heterocycles. The van der Waals surface area contributed by atoms with Gasteiger partial charge in [0.15, 0.2) is 0 Å². The van der Waals surface area contributed by atoms with E-state index in [9.17, 15) is 0 Å². The third kappa shape index (κ3) is 4.89. The zero-order chi connectivity index (χ0) is 15.7. The molecular formula is C21H21NO. The monoisotopic (exact) mass is 303 g/mol. The Labute approximate surface area is 137 Å². The predicted molar refractivity (Wildman–Crippen MR) is 95.9 cm³/mol. The zero-order valence-corrected chi connectivity index (χ0v) is 13.1. The Morgan fingerprint density at radius 3 is 1.91 bits per heavy atom. The lowest BCUT2D eigenvalue weighted by Gasteiger charge is -2.09. The Bertz CT molecular complexity index is 693. The van der Waals surface area contributed by atoms with Gasteiger partial charge in [-0.05, 0) is 35.4 Å². The molecule has 0 saturated carbocycles. The van der Waals surface area contributed by atoms with Gasteiger partial charge in [0.05, 0.1) is 6.61 Å². The third-order valence-corrected chi connectivity index (χ3v) is 3.70. The first-order valence-corrected chi connectivity index (χ1v) is 7.95.